The zero-order chi connectivity index (χ0) is 23.4. The van der Waals surface area contributed by atoms with Crippen LogP contribution in [0, 0.1) is 0 Å². The molecule has 1 N–H and O–H groups in total. The number of carbonyl (C=O) groups excluding carboxylic acids is 1. The summed E-state index contributed by atoms with van der Waals surface area (Å²) in [4.78, 5) is 25.2. The number of anilines is 1. The summed E-state index contributed by atoms with van der Waals surface area (Å²) in [6.45, 7) is 3.34. The van der Waals surface area contributed by atoms with Crippen LogP contribution in [0.15, 0.2) is 60.9 Å². The maximum absolute atomic E-state index is 12.9. The van der Waals surface area contributed by atoms with E-state index in [0.717, 1.165) is 30.8 Å². The van der Waals surface area contributed by atoms with Gasteiger partial charge in [-0.25, -0.2) is 9.97 Å². The van der Waals surface area contributed by atoms with E-state index in [4.69, 9.17) is 0 Å². The molecule has 2 heterocycles. The Morgan fingerprint density at radius 2 is 1.73 bits per heavy atom. The average Bonchev–Trinajstić information content (AvgIpc) is 2.83. The maximum atomic E-state index is 12.9. The van der Waals surface area contributed by atoms with Crippen molar-refractivity contribution in [1.82, 2.24) is 19.8 Å². The van der Waals surface area contributed by atoms with Crippen LogP contribution in [0.1, 0.15) is 21.5 Å². The molecule has 33 heavy (non-hydrogen) atoms. The number of amides is 1. The molecule has 1 aromatic heterocycles. The van der Waals surface area contributed by atoms with Gasteiger partial charge in [-0.3, -0.25) is 4.79 Å². The molecule has 172 valence electrons. The first-order valence-corrected chi connectivity index (χ1v) is 10.6. The average molecular weight is 455 g/mol. The van der Waals surface area contributed by atoms with E-state index in [-0.39, 0.29) is 12.5 Å². The largest absolute Gasteiger partial charge is 0.416 e. The van der Waals surface area contributed by atoms with Crippen molar-refractivity contribution in [1.29, 1.82) is 0 Å². The maximum Gasteiger partial charge on any atom is 0.416 e. The molecular formula is C24H24F3N5O. The van der Waals surface area contributed by atoms with Gasteiger partial charge in [0.25, 0.3) is 5.91 Å². The summed E-state index contributed by atoms with van der Waals surface area (Å²) in [6.07, 6.45) is -2.98. The van der Waals surface area contributed by atoms with E-state index < -0.39 is 11.7 Å². The highest BCUT2D eigenvalue weighted by atomic mass is 19.4. The summed E-state index contributed by atoms with van der Waals surface area (Å²) >= 11 is 0. The second-order valence-electron chi connectivity index (χ2n) is 8.01. The smallest absolute Gasteiger partial charge is 0.366 e. The van der Waals surface area contributed by atoms with Crippen LogP contribution in [0.4, 0.5) is 19.0 Å². The van der Waals surface area contributed by atoms with Gasteiger partial charge in [0.05, 0.1) is 11.3 Å². The van der Waals surface area contributed by atoms with Gasteiger partial charge in [0.1, 0.15) is 12.1 Å². The first-order valence-electron chi connectivity index (χ1n) is 10.6. The van der Waals surface area contributed by atoms with Gasteiger partial charge in [0.15, 0.2) is 0 Å². The molecular weight excluding hydrogens is 431 g/mol. The van der Waals surface area contributed by atoms with Crippen LogP contribution in [0.5, 0.6) is 0 Å². The number of likely N-dealkylation sites (N-methyl/N-ethyl adjacent to an activating group) is 1. The van der Waals surface area contributed by atoms with Gasteiger partial charge in [0.2, 0.25) is 0 Å². The predicted octanol–water partition coefficient (Wildman–Crippen LogP) is 4.16. The molecule has 0 bridgehead atoms. The fourth-order valence-electron chi connectivity index (χ4n) is 3.64. The summed E-state index contributed by atoms with van der Waals surface area (Å²) in [5.74, 6) is 0.510. The summed E-state index contributed by atoms with van der Waals surface area (Å²) in [5, 5.41) is 3.04. The highest BCUT2D eigenvalue weighted by molar-refractivity contribution is 5.94. The molecule has 0 spiro atoms. The van der Waals surface area contributed by atoms with E-state index in [9.17, 15) is 18.0 Å². The number of piperazine rings is 1. The zero-order valence-corrected chi connectivity index (χ0v) is 18.1. The minimum absolute atomic E-state index is 0.0146. The van der Waals surface area contributed by atoms with Crippen LogP contribution in [0.25, 0.3) is 11.3 Å². The molecule has 0 aliphatic carbocycles. The first-order chi connectivity index (χ1) is 15.8. The van der Waals surface area contributed by atoms with Gasteiger partial charge >= 0.3 is 6.18 Å². The van der Waals surface area contributed by atoms with Gasteiger partial charge in [-0.2, -0.15) is 13.2 Å². The van der Waals surface area contributed by atoms with Crippen molar-refractivity contribution in [2.75, 3.05) is 38.5 Å². The lowest BCUT2D eigenvalue weighted by Crippen LogP contribution is -2.47. The number of hydrogen-bond donors (Lipinski definition) is 1. The Hall–Kier alpha value is -3.46. The van der Waals surface area contributed by atoms with Crippen molar-refractivity contribution in [3.05, 3.63) is 77.6 Å². The Morgan fingerprint density at radius 1 is 1.00 bits per heavy atom. The lowest BCUT2D eigenvalue weighted by atomic mass is 10.1. The third-order valence-corrected chi connectivity index (χ3v) is 5.61. The SMILES string of the molecule is CN1CCN(C(=O)c2ccc(-c3cc(NCc4cccc(C(F)(F)F)c4)ncn3)cc2)CC1. The Bertz CT molecular complexity index is 1110. The third kappa shape index (κ3) is 5.67. The molecule has 4 rings (SSSR count). The van der Waals surface area contributed by atoms with Crippen LogP contribution < -0.4 is 5.32 Å². The molecule has 1 fully saturated rings. The van der Waals surface area contributed by atoms with Crippen LogP contribution in [-0.4, -0.2) is 58.9 Å². The number of halogens is 3. The van der Waals surface area contributed by atoms with Crippen molar-refractivity contribution in [3.8, 4) is 11.3 Å². The van der Waals surface area contributed by atoms with E-state index in [1.165, 1.54) is 12.4 Å². The highest BCUT2D eigenvalue weighted by Crippen LogP contribution is 2.29. The Morgan fingerprint density at radius 3 is 2.42 bits per heavy atom. The second kappa shape index (κ2) is 9.58. The number of aromatic nitrogens is 2. The minimum Gasteiger partial charge on any atom is -0.366 e. The molecule has 0 unspecified atom stereocenters. The molecule has 3 aromatic rings. The number of carbonyl (C=O) groups is 1. The van der Waals surface area contributed by atoms with Crippen LogP contribution in [0.3, 0.4) is 0 Å². The van der Waals surface area contributed by atoms with Gasteiger partial charge in [-0.1, -0.05) is 24.3 Å². The van der Waals surface area contributed by atoms with E-state index in [1.54, 1.807) is 24.3 Å². The summed E-state index contributed by atoms with van der Waals surface area (Å²) in [7, 11) is 2.04. The fourth-order valence-corrected chi connectivity index (χ4v) is 3.64. The molecule has 1 amide bonds. The third-order valence-electron chi connectivity index (χ3n) is 5.61. The topological polar surface area (TPSA) is 61.4 Å². The first kappa shape index (κ1) is 22.7. The van der Waals surface area contributed by atoms with Gasteiger partial charge < -0.3 is 15.1 Å². The molecule has 0 radical (unpaired) electrons. The van der Waals surface area contributed by atoms with Crippen LogP contribution >= 0.6 is 0 Å². The molecule has 0 atom stereocenters. The number of alkyl halides is 3. The van der Waals surface area contributed by atoms with Crippen molar-refractivity contribution in [2.45, 2.75) is 12.7 Å². The number of benzene rings is 2. The zero-order valence-electron chi connectivity index (χ0n) is 18.1. The Kier molecular flexibility index (Phi) is 6.60. The fraction of sp³-hybridized carbons (Fsp3) is 0.292. The Balaban J connectivity index is 1.42. The highest BCUT2D eigenvalue weighted by Gasteiger charge is 2.30. The molecule has 0 saturated carbocycles. The van der Waals surface area contributed by atoms with Crippen LogP contribution in [0.2, 0.25) is 0 Å². The summed E-state index contributed by atoms with van der Waals surface area (Å²) in [5.41, 5.74) is 1.90. The summed E-state index contributed by atoms with van der Waals surface area (Å²) in [6, 6.07) is 14.1. The lowest BCUT2D eigenvalue weighted by Gasteiger charge is -2.32. The van der Waals surface area contributed by atoms with Gasteiger partial charge in [0, 0.05) is 49.9 Å². The van der Waals surface area contributed by atoms with Gasteiger partial charge in [-0.05, 0) is 36.9 Å². The van der Waals surface area contributed by atoms with Crippen LogP contribution in [-0.2, 0) is 12.7 Å². The van der Waals surface area contributed by atoms with E-state index in [2.05, 4.69) is 20.2 Å². The lowest BCUT2D eigenvalue weighted by molar-refractivity contribution is -0.137. The molecule has 6 nitrogen and oxygen atoms in total. The predicted molar refractivity (Wildman–Crippen MR) is 120 cm³/mol. The van der Waals surface area contributed by atoms with E-state index >= 15 is 0 Å². The molecule has 9 heteroatoms. The molecule has 2 aromatic carbocycles. The number of nitrogens with one attached hydrogen (secondary N) is 1. The second-order valence-corrected chi connectivity index (χ2v) is 8.01. The Labute approximate surface area is 190 Å². The van der Waals surface area contributed by atoms with Crippen molar-refractivity contribution in [3.63, 3.8) is 0 Å². The molecule has 1 saturated heterocycles. The normalized spacial score (nSPS) is 14.8. The number of nitrogens with zero attached hydrogens (tertiary/aromatic N) is 4. The number of hydrogen-bond acceptors (Lipinski definition) is 5. The minimum atomic E-state index is -4.38. The molecule has 1 aliphatic heterocycles. The van der Waals surface area contributed by atoms with E-state index in [0.29, 0.717) is 35.7 Å². The van der Waals surface area contributed by atoms with Gasteiger partial charge in [-0.15, -0.1) is 0 Å². The van der Waals surface area contributed by atoms with Crippen molar-refractivity contribution in [2.24, 2.45) is 0 Å². The molecule has 1 aliphatic rings. The van der Waals surface area contributed by atoms with E-state index in [1.807, 2.05) is 24.1 Å². The van der Waals surface area contributed by atoms with Crippen molar-refractivity contribution >= 4 is 11.7 Å². The monoisotopic (exact) mass is 455 g/mol. The number of rotatable bonds is 5. The standard InChI is InChI=1S/C24H24F3N5O/c1-31-9-11-32(12-10-31)23(33)19-7-5-18(6-8-19)21-14-22(30-16-29-21)28-15-17-3-2-4-20(13-17)24(25,26)27/h2-8,13-14,16H,9-12,15H2,1H3,(H,28,29,30). The summed E-state index contributed by atoms with van der Waals surface area (Å²) < 4.78 is 38.7. The van der Waals surface area contributed by atoms with Crippen molar-refractivity contribution < 1.29 is 18.0 Å². The quantitative estimate of drug-likeness (QED) is 0.626.